The van der Waals surface area contributed by atoms with Crippen molar-refractivity contribution in [2.24, 2.45) is 0 Å². The van der Waals surface area contributed by atoms with Crippen molar-refractivity contribution >= 4 is 11.4 Å². The molecule has 1 aromatic heterocycles. The molecule has 1 aliphatic rings. The van der Waals surface area contributed by atoms with E-state index < -0.39 is 0 Å². The van der Waals surface area contributed by atoms with Gasteiger partial charge in [-0.2, -0.15) is 0 Å². The van der Waals surface area contributed by atoms with Gasteiger partial charge in [-0.05, 0) is 36.4 Å². The summed E-state index contributed by atoms with van der Waals surface area (Å²) in [6.45, 7) is 0. The molecule has 0 amide bonds. The normalized spacial score (nSPS) is 16.0. The molecule has 1 atom stereocenters. The van der Waals surface area contributed by atoms with E-state index in [1.54, 1.807) is 6.07 Å². The number of benzene rings is 2. The standard InChI is InChI=1S/C17H14FN3/c18-11-7-8-15-14(10-11)20-17(16-6-3-9-21(15)16)12-4-1-2-5-13(12)19/h1-10,17,20H,19H2. The molecule has 4 rings (SSSR count). The highest BCUT2D eigenvalue weighted by atomic mass is 19.1. The monoisotopic (exact) mass is 279 g/mol. The number of hydrogen-bond donors (Lipinski definition) is 2. The van der Waals surface area contributed by atoms with E-state index in [0.29, 0.717) is 0 Å². The van der Waals surface area contributed by atoms with Gasteiger partial charge in [0.15, 0.2) is 0 Å². The molecule has 1 unspecified atom stereocenters. The Labute approximate surface area is 121 Å². The van der Waals surface area contributed by atoms with Gasteiger partial charge in [0.1, 0.15) is 5.82 Å². The van der Waals surface area contributed by atoms with Crippen LogP contribution in [0.4, 0.5) is 15.8 Å². The molecule has 4 heteroatoms. The molecule has 0 saturated heterocycles. The lowest BCUT2D eigenvalue weighted by molar-refractivity contribution is 0.626. The van der Waals surface area contributed by atoms with Gasteiger partial charge in [-0.1, -0.05) is 18.2 Å². The number of para-hydroxylation sites is 1. The number of fused-ring (bicyclic) bond motifs is 3. The predicted molar refractivity (Wildman–Crippen MR) is 82.0 cm³/mol. The molecule has 3 aromatic rings. The van der Waals surface area contributed by atoms with Crippen LogP contribution in [0, 0.1) is 5.82 Å². The van der Waals surface area contributed by atoms with Gasteiger partial charge in [-0.15, -0.1) is 0 Å². The van der Waals surface area contributed by atoms with E-state index in [-0.39, 0.29) is 11.9 Å². The van der Waals surface area contributed by atoms with E-state index in [1.165, 1.54) is 12.1 Å². The Morgan fingerprint density at radius 1 is 1.05 bits per heavy atom. The summed E-state index contributed by atoms with van der Waals surface area (Å²) in [6.07, 6.45) is 1.99. The topological polar surface area (TPSA) is 43.0 Å². The lowest BCUT2D eigenvalue weighted by Crippen LogP contribution is -2.22. The Morgan fingerprint density at radius 3 is 2.76 bits per heavy atom. The number of hydrogen-bond acceptors (Lipinski definition) is 2. The fourth-order valence-electron chi connectivity index (χ4n) is 2.92. The van der Waals surface area contributed by atoms with E-state index in [4.69, 9.17) is 5.73 Å². The molecule has 0 fully saturated rings. The number of nitrogens with zero attached hydrogens (tertiary/aromatic N) is 1. The molecule has 2 aromatic carbocycles. The van der Waals surface area contributed by atoms with Crippen LogP contribution >= 0.6 is 0 Å². The molecule has 0 saturated carbocycles. The molecular weight excluding hydrogens is 265 g/mol. The second-order valence-electron chi connectivity index (χ2n) is 5.17. The molecule has 3 nitrogen and oxygen atoms in total. The van der Waals surface area contributed by atoms with Crippen LogP contribution < -0.4 is 11.1 Å². The molecule has 1 aliphatic heterocycles. The third kappa shape index (κ3) is 1.80. The molecule has 0 spiro atoms. The van der Waals surface area contributed by atoms with Crippen molar-refractivity contribution in [2.45, 2.75) is 6.04 Å². The Hall–Kier alpha value is -2.75. The number of nitrogen functional groups attached to an aromatic ring is 1. The summed E-state index contributed by atoms with van der Waals surface area (Å²) in [6, 6.07) is 16.5. The van der Waals surface area contributed by atoms with Crippen molar-refractivity contribution in [2.75, 3.05) is 11.1 Å². The third-order valence-electron chi connectivity index (χ3n) is 3.90. The van der Waals surface area contributed by atoms with E-state index in [2.05, 4.69) is 16.0 Å². The number of rotatable bonds is 1. The largest absolute Gasteiger partial charge is 0.398 e. The Morgan fingerprint density at radius 2 is 1.90 bits per heavy atom. The zero-order valence-corrected chi connectivity index (χ0v) is 11.3. The highest BCUT2D eigenvalue weighted by Crippen LogP contribution is 2.38. The van der Waals surface area contributed by atoms with Crippen LogP contribution in [0.3, 0.4) is 0 Å². The summed E-state index contributed by atoms with van der Waals surface area (Å²) in [5.41, 5.74) is 10.6. The minimum atomic E-state index is -0.253. The number of nitrogens with one attached hydrogen (secondary N) is 1. The summed E-state index contributed by atoms with van der Waals surface area (Å²) in [4.78, 5) is 0. The molecule has 2 heterocycles. The maximum Gasteiger partial charge on any atom is 0.125 e. The molecule has 21 heavy (non-hydrogen) atoms. The van der Waals surface area contributed by atoms with Gasteiger partial charge in [0.2, 0.25) is 0 Å². The third-order valence-corrected chi connectivity index (χ3v) is 3.90. The van der Waals surface area contributed by atoms with Crippen molar-refractivity contribution in [3.05, 3.63) is 77.9 Å². The van der Waals surface area contributed by atoms with Crippen LogP contribution in [0.15, 0.2) is 60.8 Å². The van der Waals surface area contributed by atoms with Crippen LogP contribution in [0.2, 0.25) is 0 Å². The van der Waals surface area contributed by atoms with Crippen molar-refractivity contribution < 1.29 is 4.39 Å². The first kappa shape index (κ1) is 12.0. The van der Waals surface area contributed by atoms with Crippen molar-refractivity contribution in [3.8, 4) is 5.69 Å². The minimum Gasteiger partial charge on any atom is -0.398 e. The minimum absolute atomic E-state index is 0.0875. The predicted octanol–water partition coefficient (Wildman–Crippen LogP) is 3.71. The van der Waals surface area contributed by atoms with Gasteiger partial charge >= 0.3 is 0 Å². The SMILES string of the molecule is Nc1ccccc1C1Nc2cc(F)ccc2-n2cccc21. The summed E-state index contributed by atoms with van der Waals surface area (Å²) < 4.78 is 15.6. The molecule has 104 valence electrons. The maximum absolute atomic E-state index is 13.5. The molecule has 0 aliphatic carbocycles. The van der Waals surface area contributed by atoms with Gasteiger partial charge in [0.25, 0.3) is 0 Å². The highest BCUT2D eigenvalue weighted by Gasteiger charge is 2.26. The maximum atomic E-state index is 13.5. The average Bonchev–Trinajstić information content (AvgIpc) is 2.96. The van der Waals surface area contributed by atoms with Crippen LogP contribution in [0.25, 0.3) is 5.69 Å². The fourth-order valence-corrected chi connectivity index (χ4v) is 2.92. The first-order valence-electron chi connectivity index (χ1n) is 6.82. The Balaban J connectivity index is 1.92. The van der Waals surface area contributed by atoms with Crippen LogP contribution in [-0.4, -0.2) is 4.57 Å². The molecule has 0 radical (unpaired) electrons. The number of nitrogens with two attached hydrogens (primary N) is 1. The van der Waals surface area contributed by atoms with E-state index in [1.807, 2.05) is 36.5 Å². The quantitative estimate of drug-likeness (QED) is 0.667. The van der Waals surface area contributed by atoms with Crippen LogP contribution in [0.1, 0.15) is 17.3 Å². The van der Waals surface area contributed by atoms with Crippen molar-refractivity contribution in [1.82, 2.24) is 4.57 Å². The zero-order valence-electron chi connectivity index (χ0n) is 11.3. The Kier molecular flexibility index (Phi) is 2.51. The van der Waals surface area contributed by atoms with E-state index in [9.17, 15) is 4.39 Å². The van der Waals surface area contributed by atoms with Crippen molar-refractivity contribution in [1.29, 1.82) is 0 Å². The number of anilines is 2. The second kappa shape index (κ2) is 4.38. The van der Waals surface area contributed by atoms with Gasteiger partial charge in [0.05, 0.1) is 17.4 Å². The lowest BCUT2D eigenvalue weighted by Gasteiger charge is -2.30. The first-order valence-corrected chi connectivity index (χ1v) is 6.82. The highest BCUT2D eigenvalue weighted by molar-refractivity contribution is 5.68. The van der Waals surface area contributed by atoms with Crippen LogP contribution in [0.5, 0.6) is 0 Å². The molecule has 3 N–H and O–H groups in total. The summed E-state index contributed by atoms with van der Waals surface area (Å²) >= 11 is 0. The molecular formula is C17H14FN3. The van der Waals surface area contributed by atoms with Gasteiger partial charge in [-0.25, -0.2) is 4.39 Å². The zero-order chi connectivity index (χ0) is 14.4. The average molecular weight is 279 g/mol. The molecule has 0 bridgehead atoms. The van der Waals surface area contributed by atoms with Gasteiger partial charge < -0.3 is 15.6 Å². The summed E-state index contributed by atoms with van der Waals surface area (Å²) in [7, 11) is 0. The van der Waals surface area contributed by atoms with Gasteiger partial charge in [0, 0.05) is 23.1 Å². The van der Waals surface area contributed by atoms with Gasteiger partial charge in [-0.3, -0.25) is 0 Å². The lowest BCUT2D eigenvalue weighted by atomic mass is 9.99. The van der Waals surface area contributed by atoms with Crippen molar-refractivity contribution in [3.63, 3.8) is 0 Å². The number of halogens is 1. The fraction of sp³-hybridized carbons (Fsp3) is 0.0588. The number of aromatic nitrogens is 1. The summed E-state index contributed by atoms with van der Waals surface area (Å²) in [5.74, 6) is -0.253. The smallest absolute Gasteiger partial charge is 0.125 e. The van der Waals surface area contributed by atoms with Crippen LogP contribution in [-0.2, 0) is 0 Å². The second-order valence-corrected chi connectivity index (χ2v) is 5.17. The Bertz CT molecular complexity index is 822. The van der Waals surface area contributed by atoms with E-state index >= 15 is 0 Å². The first-order chi connectivity index (χ1) is 10.2. The van der Waals surface area contributed by atoms with E-state index in [0.717, 1.165) is 28.3 Å². The summed E-state index contributed by atoms with van der Waals surface area (Å²) in [5, 5.41) is 3.40.